The van der Waals surface area contributed by atoms with Gasteiger partial charge in [-0.15, -0.1) is 21.5 Å². The summed E-state index contributed by atoms with van der Waals surface area (Å²) in [6.07, 6.45) is 0.824. The molecular formula is C24H22N4OS2. The summed E-state index contributed by atoms with van der Waals surface area (Å²) in [6, 6.07) is 24.1. The maximum absolute atomic E-state index is 12.1. The molecule has 0 bridgehead atoms. The molecule has 0 atom stereocenters. The molecule has 0 saturated heterocycles. The first kappa shape index (κ1) is 21.2. The summed E-state index contributed by atoms with van der Waals surface area (Å²) in [5.41, 5.74) is 4.05. The fraction of sp³-hybridized carbons (Fsp3) is 0.167. The number of nitrogens with zero attached hydrogens (tertiary/aromatic N) is 3. The summed E-state index contributed by atoms with van der Waals surface area (Å²) in [5, 5.41) is 13.3. The van der Waals surface area contributed by atoms with Crippen molar-refractivity contribution < 1.29 is 4.79 Å². The van der Waals surface area contributed by atoms with E-state index in [1.54, 1.807) is 11.3 Å². The third kappa shape index (κ3) is 5.77. The standard InChI is InChI=1S/C24H22N4OS2/c1-17-23(31-24(26-17)19-10-6-3-7-11-19)20-12-13-22(28-27-20)30-16-21(29)25-15-14-18-8-4-2-5-9-18/h2-13H,14-16H2,1H3,(H,25,29). The number of benzene rings is 2. The fourth-order valence-corrected chi connectivity index (χ4v) is 4.72. The number of thioether (sulfide) groups is 1. The lowest BCUT2D eigenvalue weighted by molar-refractivity contribution is -0.118. The van der Waals surface area contributed by atoms with Crippen molar-refractivity contribution in [1.82, 2.24) is 20.5 Å². The summed E-state index contributed by atoms with van der Waals surface area (Å²) in [5.74, 6) is 0.318. The highest BCUT2D eigenvalue weighted by atomic mass is 32.2. The Labute approximate surface area is 190 Å². The first-order valence-electron chi connectivity index (χ1n) is 9.99. The van der Waals surface area contributed by atoms with Crippen molar-refractivity contribution in [2.45, 2.75) is 18.4 Å². The van der Waals surface area contributed by atoms with Crippen molar-refractivity contribution in [3.05, 3.63) is 84.1 Å². The number of aromatic nitrogens is 3. The molecule has 0 spiro atoms. The second-order valence-corrected chi connectivity index (χ2v) is 8.93. The van der Waals surface area contributed by atoms with E-state index in [-0.39, 0.29) is 5.91 Å². The van der Waals surface area contributed by atoms with E-state index < -0.39 is 0 Å². The Bertz CT molecular complexity index is 1130. The first-order valence-corrected chi connectivity index (χ1v) is 11.8. The van der Waals surface area contributed by atoms with Crippen LogP contribution in [0.2, 0.25) is 0 Å². The monoisotopic (exact) mass is 446 g/mol. The van der Waals surface area contributed by atoms with Crippen molar-refractivity contribution >= 4 is 29.0 Å². The van der Waals surface area contributed by atoms with Gasteiger partial charge in [0.2, 0.25) is 5.91 Å². The number of nitrogens with one attached hydrogen (secondary N) is 1. The quantitative estimate of drug-likeness (QED) is 0.385. The van der Waals surface area contributed by atoms with Crippen molar-refractivity contribution in [1.29, 1.82) is 0 Å². The predicted molar refractivity (Wildman–Crippen MR) is 127 cm³/mol. The molecule has 2 aromatic heterocycles. The summed E-state index contributed by atoms with van der Waals surface area (Å²) in [4.78, 5) is 17.8. The lowest BCUT2D eigenvalue weighted by Crippen LogP contribution is -2.27. The number of rotatable bonds is 8. The van der Waals surface area contributed by atoms with E-state index in [2.05, 4.69) is 44.8 Å². The predicted octanol–water partition coefficient (Wildman–Crippen LogP) is 5.03. The third-order valence-corrected chi connectivity index (χ3v) is 6.77. The second-order valence-electron chi connectivity index (χ2n) is 6.93. The number of carbonyl (C=O) groups is 1. The minimum Gasteiger partial charge on any atom is -0.355 e. The molecule has 7 heteroatoms. The van der Waals surface area contributed by atoms with Crippen LogP contribution in [0.5, 0.6) is 0 Å². The van der Waals surface area contributed by atoms with E-state index in [1.807, 2.05) is 55.5 Å². The molecule has 1 N–H and O–H groups in total. The van der Waals surface area contributed by atoms with Crippen LogP contribution < -0.4 is 5.32 Å². The Hall–Kier alpha value is -3.03. The maximum atomic E-state index is 12.1. The van der Waals surface area contributed by atoms with Crippen LogP contribution in [0, 0.1) is 6.92 Å². The molecule has 2 heterocycles. The molecule has 2 aromatic carbocycles. The Morgan fingerprint density at radius 3 is 2.42 bits per heavy atom. The zero-order chi connectivity index (χ0) is 21.5. The van der Waals surface area contributed by atoms with Crippen molar-refractivity contribution in [2.24, 2.45) is 0 Å². The van der Waals surface area contributed by atoms with E-state index >= 15 is 0 Å². The molecule has 0 radical (unpaired) electrons. The molecule has 0 aliphatic heterocycles. The van der Waals surface area contributed by atoms with E-state index in [9.17, 15) is 4.79 Å². The van der Waals surface area contributed by atoms with Gasteiger partial charge in [-0.2, -0.15) is 0 Å². The molecule has 0 aliphatic rings. The topological polar surface area (TPSA) is 67.8 Å². The van der Waals surface area contributed by atoms with Gasteiger partial charge in [0.25, 0.3) is 0 Å². The number of hydrogen-bond donors (Lipinski definition) is 1. The van der Waals surface area contributed by atoms with E-state index in [0.29, 0.717) is 12.3 Å². The van der Waals surface area contributed by atoms with Gasteiger partial charge in [-0.3, -0.25) is 4.79 Å². The molecule has 0 saturated carbocycles. The van der Waals surface area contributed by atoms with Gasteiger partial charge < -0.3 is 5.32 Å². The number of hydrogen-bond acceptors (Lipinski definition) is 6. The van der Waals surface area contributed by atoms with E-state index in [1.165, 1.54) is 17.3 Å². The minimum atomic E-state index is -0.00221. The van der Waals surface area contributed by atoms with Gasteiger partial charge in [-0.25, -0.2) is 4.98 Å². The summed E-state index contributed by atoms with van der Waals surface area (Å²) < 4.78 is 0. The molecular weight excluding hydrogens is 424 g/mol. The fourth-order valence-electron chi connectivity index (χ4n) is 3.04. The van der Waals surface area contributed by atoms with Gasteiger partial charge >= 0.3 is 0 Å². The number of thiazole rings is 1. The molecule has 31 heavy (non-hydrogen) atoms. The van der Waals surface area contributed by atoms with Gasteiger partial charge in [-0.1, -0.05) is 72.4 Å². The smallest absolute Gasteiger partial charge is 0.230 e. The number of carbonyl (C=O) groups excluding carboxylic acids is 1. The van der Waals surface area contributed by atoms with Crippen LogP contribution in [-0.2, 0) is 11.2 Å². The minimum absolute atomic E-state index is 0.00221. The van der Waals surface area contributed by atoms with Crippen LogP contribution in [0.25, 0.3) is 21.1 Å². The van der Waals surface area contributed by atoms with Gasteiger partial charge in [0, 0.05) is 12.1 Å². The highest BCUT2D eigenvalue weighted by Crippen LogP contribution is 2.34. The van der Waals surface area contributed by atoms with E-state index in [0.717, 1.165) is 38.3 Å². The lowest BCUT2D eigenvalue weighted by Gasteiger charge is -2.05. The average molecular weight is 447 g/mol. The Kier molecular flexibility index (Phi) is 7.07. The second kappa shape index (κ2) is 10.3. The zero-order valence-corrected chi connectivity index (χ0v) is 18.7. The maximum Gasteiger partial charge on any atom is 0.230 e. The van der Waals surface area contributed by atoms with Gasteiger partial charge in [0.1, 0.15) is 15.7 Å². The summed E-state index contributed by atoms with van der Waals surface area (Å²) in [6.45, 7) is 2.62. The first-order chi connectivity index (χ1) is 15.2. The normalized spacial score (nSPS) is 10.7. The van der Waals surface area contributed by atoms with Crippen LogP contribution in [-0.4, -0.2) is 33.4 Å². The molecule has 4 rings (SSSR count). The molecule has 4 aromatic rings. The van der Waals surface area contributed by atoms with Gasteiger partial charge in [0.15, 0.2) is 0 Å². The summed E-state index contributed by atoms with van der Waals surface area (Å²) >= 11 is 3.00. The van der Waals surface area contributed by atoms with Crippen LogP contribution in [0.4, 0.5) is 0 Å². The molecule has 0 unspecified atom stereocenters. The van der Waals surface area contributed by atoms with Gasteiger partial charge in [0.05, 0.1) is 16.3 Å². The molecule has 1 amide bonds. The Morgan fingerprint density at radius 2 is 1.71 bits per heavy atom. The highest BCUT2D eigenvalue weighted by molar-refractivity contribution is 7.99. The zero-order valence-electron chi connectivity index (χ0n) is 17.1. The largest absolute Gasteiger partial charge is 0.355 e. The third-order valence-electron chi connectivity index (χ3n) is 4.62. The van der Waals surface area contributed by atoms with Crippen molar-refractivity contribution in [3.8, 4) is 21.1 Å². The van der Waals surface area contributed by atoms with Crippen LogP contribution in [0.15, 0.2) is 77.8 Å². The summed E-state index contributed by atoms with van der Waals surface area (Å²) in [7, 11) is 0. The van der Waals surface area contributed by atoms with Crippen molar-refractivity contribution in [3.63, 3.8) is 0 Å². The van der Waals surface area contributed by atoms with Crippen LogP contribution in [0.1, 0.15) is 11.3 Å². The SMILES string of the molecule is Cc1nc(-c2ccccc2)sc1-c1ccc(SCC(=O)NCCc2ccccc2)nn1. The molecule has 5 nitrogen and oxygen atoms in total. The van der Waals surface area contributed by atoms with Crippen LogP contribution in [0.3, 0.4) is 0 Å². The Morgan fingerprint density at radius 1 is 0.968 bits per heavy atom. The van der Waals surface area contributed by atoms with Crippen LogP contribution >= 0.6 is 23.1 Å². The van der Waals surface area contributed by atoms with E-state index in [4.69, 9.17) is 0 Å². The lowest BCUT2D eigenvalue weighted by atomic mass is 10.1. The molecule has 156 valence electrons. The average Bonchev–Trinajstić information content (AvgIpc) is 3.21. The van der Waals surface area contributed by atoms with Gasteiger partial charge in [-0.05, 0) is 31.0 Å². The van der Waals surface area contributed by atoms with Crippen molar-refractivity contribution in [2.75, 3.05) is 12.3 Å². The molecule has 0 aliphatic carbocycles. The Balaban J connectivity index is 1.30. The highest BCUT2D eigenvalue weighted by Gasteiger charge is 2.13. The molecule has 0 fully saturated rings. The number of amides is 1. The number of aryl methyl sites for hydroxylation is 1.